The summed E-state index contributed by atoms with van der Waals surface area (Å²) < 4.78 is 32.2. The summed E-state index contributed by atoms with van der Waals surface area (Å²) in [6.45, 7) is 2.35. The normalized spacial score (nSPS) is 10.4. The Kier molecular flexibility index (Phi) is 4.49. The minimum atomic E-state index is -0.779. The summed E-state index contributed by atoms with van der Waals surface area (Å²) >= 11 is 3.29. The lowest BCUT2D eigenvalue weighted by Crippen LogP contribution is -2.03. The molecular weight excluding hydrogens is 330 g/mol. The maximum absolute atomic E-state index is 13.1. The molecule has 2 rings (SSSR count). The first-order valence-corrected chi connectivity index (χ1v) is 6.73. The van der Waals surface area contributed by atoms with Crippen LogP contribution in [0.25, 0.3) is 0 Å². The van der Waals surface area contributed by atoms with Crippen molar-refractivity contribution in [3.8, 4) is 5.75 Å². The van der Waals surface area contributed by atoms with Crippen molar-refractivity contribution >= 4 is 21.7 Å². The third-order valence-electron chi connectivity index (χ3n) is 2.62. The lowest BCUT2D eigenvalue weighted by molar-refractivity contribution is 0.103. The molecule has 0 unspecified atom stereocenters. The highest BCUT2D eigenvalue weighted by Gasteiger charge is 2.13. The molecule has 2 nitrogen and oxygen atoms in total. The number of halogens is 3. The fourth-order valence-electron chi connectivity index (χ4n) is 1.77. The van der Waals surface area contributed by atoms with Crippen LogP contribution in [0.5, 0.6) is 5.75 Å². The minimum absolute atomic E-state index is 0.0291. The molecule has 20 heavy (non-hydrogen) atoms. The van der Waals surface area contributed by atoms with Crippen LogP contribution in [0.15, 0.2) is 40.9 Å². The van der Waals surface area contributed by atoms with Gasteiger partial charge in [-0.1, -0.05) is 0 Å². The van der Waals surface area contributed by atoms with Crippen LogP contribution in [-0.2, 0) is 0 Å². The first-order chi connectivity index (χ1) is 9.51. The van der Waals surface area contributed by atoms with Gasteiger partial charge in [0.2, 0.25) is 0 Å². The first kappa shape index (κ1) is 14.7. The highest BCUT2D eigenvalue weighted by Crippen LogP contribution is 2.27. The van der Waals surface area contributed by atoms with Gasteiger partial charge in [0.05, 0.1) is 11.1 Å². The molecule has 0 atom stereocenters. The quantitative estimate of drug-likeness (QED) is 0.773. The lowest BCUT2D eigenvalue weighted by atomic mass is 10.0. The fourth-order valence-corrected chi connectivity index (χ4v) is 2.26. The van der Waals surface area contributed by atoms with E-state index >= 15 is 0 Å². The third-order valence-corrected chi connectivity index (χ3v) is 3.24. The Labute approximate surface area is 123 Å². The van der Waals surface area contributed by atoms with Crippen molar-refractivity contribution < 1.29 is 18.3 Å². The van der Waals surface area contributed by atoms with Crippen molar-refractivity contribution in [1.82, 2.24) is 0 Å². The van der Waals surface area contributed by atoms with Gasteiger partial charge < -0.3 is 4.74 Å². The van der Waals surface area contributed by atoms with Crippen LogP contribution in [0, 0.1) is 11.6 Å². The smallest absolute Gasteiger partial charge is 0.193 e. The summed E-state index contributed by atoms with van der Waals surface area (Å²) in [5.74, 6) is -1.40. The van der Waals surface area contributed by atoms with E-state index in [1.807, 2.05) is 6.92 Å². The van der Waals surface area contributed by atoms with Crippen LogP contribution in [-0.4, -0.2) is 12.4 Å². The van der Waals surface area contributed by atoms with Gasteiger partial charge in [-0.25, -0.2) is 8.78 Å². The highest BCUT2D eigenvalue weighted by atomic mass is 79.9. The maximum atomic E-state index is 13.1. The van der Waals surface area contributed by atoms with Gasteiger partial charge in [-0.3, -0.25) is 4.79 Å². The van der Waals surface area contributed by atoms with Crippen molar-refractivity contribution in [3.05, 3.63) is 63.6 Å². The van der Waals surface area contributed by atoms with Crippen molar-refractivity contribution in [1.29, 1.82) is 0 Å². The van der Waals surface area contributed by atoms with Crippen LogP contribution in [0.1, 0.15) is 22.8 Å². The number of ether oxygens (including phenoxy) is 1. The lowest BCUT2D eigenvalue weighted by Gasteiger charge is -2.08. The molecule has 0 amide bonds. The number of hydrogen-bond donors (Lipinski definition) is 0. The summed E-state index contributed by atoms with van der Waals surface area (Å²) in [6.07, 6.45) is 0. The van der Waals surface area contributed by atoms with E-state index in [0.29, 0.717) is 22.4 Å². The number of hydrogen-bond acceptors (Lipinski definition) is 2. The summed E-state index contributed by atoms with van der Waals surface area (Å²) in [7, 11) is 0. The molecule has 0 aliphatic carbocycles. The average molecular weight is 341 g/mol. The zero-order valence-corrected chi connectivity index (χ0v) is 12.2. The zero-order valence-electron chi connectivity index (χ0n) is 10.6. The molecular formula is C15H11BrF2O2. The van der Waals surface area contributed by atoms with Gasteiger partial charge >= 0.3 is 0 Å². The van der Waals surface area contributed by atoms with Crippen molar-refractivity contribution in [2.45, 2.75) is 6.92 Å². The monoisotopic (exact) mass is 340 g/mol. The number of ketones is 1. The molecule has 0 saturated heterocycles. The van der Waals surface area contributed by atoms with E-state index in [-0.39, 0.29) is 5.56 Å². The van der Waals surface area contributed by atoms with Gasteiger partial charge in [0.15, 0.2) is 5.78 Å². The largest absolute Gasteiger partial charge is 0.493 e. The number of rotatable bonds is 4. The van der Waals surface area contributed by atoms with Crippen molar-refractivity contribution in [2.75, 3.05) is 6.61 Å². The van der Waals surface area contributed by atoms with Crippen molar-refractivity contribution in [2.24, 2.45) is 0 Å². The van der Waals surface area contributed by atoms with Gasteiger partial charge in [0, 0.05) is 17.2 Å². The third kappa shape index (κ3) is 3.22. The molecule has 5 heteroatoms. The molecule has 0 N–H and O–H groups in total. The summed E-state index contributed by atoms with van der Waals surface area (Å²) in [5.41, 5.74) is 0.295. The molecule has 2 aromatic rings. The predicted octanol–water partition coefficient (Wildman–Crippen LogP) is 4.36. The summed E-state index contributed by atoms with van der Waals surface area (Å²) in [6, 6.07) is 7.50. The molecule has 0 radical (unpaired) electrons. The van der Waals surface area contributed by atoms with Crippen LogP contribution in [0.3, 0.4) is 0 Å². The molecule has 0 heterocycles. The second-order valence-electron chi connectivity index (χ2n) is 4.07. The first-order valence-electron chi connectivity index (χ1n) is 5.94. The Morgan fingerprint density at radius 3 is 2.30 bits per heavy atom. The number of carbonyl (C=O) groups excluding carboxylic acids is 1. The van der Waals surface area contributed by atoms with E-state index in [4.69, 9.17) is 4.74 Å². The van der Waals surface area contributed by atoms with Crippen LogP contribution < -0.4 is 4.74 Å². The zero-order chi connectivity index (χ0) is 14.7. The number of carbonyl (C=O) groups is 1. The van der Waals surface area contributed by atoms with Crippen molar-refractivity contribution in [3.63, 3.8) is 0 Å². The van der Waals surface area contributed by atoms with Gasteiger partial charge in [-0.2, -0.15) is 0 Å². The Bertz CT molecular complexity index is 636. The molecule has 0 fully saturated rings. The summed E-state index contributed by atoms with van der Waals surface area (Å²) in [5, 5.41) is 0. The standard InChI is InChI=1S/C15H11BrF2O2/c1-2-20-14-4-3-9(7-13(14)16)15(19)10-5-11(17)8-12(18)6-10/h3-8H,2H2,1H3. The van der Waals surface area contributed by atoms with Gasteiger partial charge in [-0.05, 0) is 53.2 Å². The molecule has 0 aliphatic rings. The topological polar surface area (TPSA) is 26.3 Å². The minimum Gasteiger partial charge on any atom is -0.493 e. The maximum Gasteiger partial charge on any atom is 0.193 e. The fraction of sp³-hybridized carbons (Fsp3) is 0.133. The second-order valence-corrected chi connectivity index (χ2v) is 4.92. The van der Waals surface area contributed by atoms with Gasteiger partial charge in [0.25, 0.3) is 0 Å². The SMILES string of the molecule is CCOc1ccc(C(=O)c2cc(F)cc(F)c2)cc1Br. The molecule has 0 spiro atoms. The van der Waals surface area contributed by atoms with E-state index in [9.17, 15) is 13.6 Å². The Morgan fingerprint density at radius 1 is 1.10 bits per heavy atom. The Morgan fingerprint density at radius 2 is 1.75 bits per heavy atom. The summed E-state index contributed by atoms with van der Waals surface area (Å²) in [4.78, 5) is 12.2. The van der Waals surface area contributed by atoms with E-state index in [1.54, 1.807) is 18.2 Å². The van der Waals surface area contributed by atoms with E-state index in [1.165, 1.54) is 0 Å². The predicted molar refractivity (Wildman–Crippen MR) is 75.1 cm³/mol. The highest BCUT2D eigenvalue weighted by molar-refractivity contribution is 9.10. The van der Waals surface area contributed by atoms with Crippen LogP contribution in [0.4, 0.5) is 8.78 Å². The molecule has 0 bridgehead atoms. The van der Waals surface area contributed by atoms with E-state index in [2.05, 4.69) is 15.9 Å². The van der Waals surface area contributed by atoms with Crippen LogP contribution in [0.2, 0.25) is 0 Å². The molecule has 2 aromatic carbocycles. The van der Waals surface area contributed by atoms with E-state index < -0.39 is 17.4 Å². The van der Waals surface area contributed by atoms with E-state index in [0.717, 1.165) is 18.2 Å². The molecule has 0 aliphatic heterocycles. The number of benzene rings is 2. The van der Waals surface area contributed by atoms with Gasteiger partial charge in [-0.15, -0.1) is 0 Å². The second kappa shape index (κ2) is 6.13. The Balaban J connectivity index is 2.36. The van der Waals surface area contributed by atoms with Gasteiger partial charge in [0.1, 0.15) is 17.4 Å². The molecule has 104 valence electrons. The Hall–Kier alpha value is -1.75. The molecule has 0 aromatic heterocycles. The molecule has 0 saturated carbocycles. The average Bonchev–Trinajstić information content (AvgIpc) is 2.39. The van der Waals surface area contributed by atoms with Crippen LogP contribution >= 0.6 is 15.9 Å².